The number of alkyl carbamates (subject to hydrolysis) is 1. The standard InChI is InChI=1S/C40H43N3O7/c1-26-35(23-42(3)27(2)30-12-8-5-9-13-30)49-39(50-37(26)31-16-14-28(24-44)15-17-31)32-18-20-33(21-19-32)43-36(45)22-34(38(43)46)41-40(47)48-25-29-10-6-4-7-11-29/h4-21,26-27,34-35,37,39,44H,22-25H2,1-3H3,(H,41,47)/t26-,27-,34?,35+,37+,39+/m0/s1. The highest BCUT2D eigenvalue weighted by molar-refractivity contribution is 6.22. The number of aliphatic hydroxyl groups is 1. The van der Waals surface area contributed by atoms with Crippen molar-refractivity contribution in [2.24, 2.45) is 5.92 Å². The summed E-state index contributed by atoms with van der Waals surface area (Å²) in [6.45, 7) is 4.97. The van der Waals surface area contributed by atoms with Gasteiger partial charge in [0, 0.05) is 24.1 Å². The van der Waals surface area contributed by atoms with Crippen molar-refractivity contribution in [3.63, 3.8) is 0 Å². The average molecular weight is 678 g/mol. The molecule has 4 aromatic carbocycles. The molecule has 0 radical (unpaired) electrons. The van der Waals surface area contributed by atoms with Gasteiger partial charge in [-0.15, -0.1) is 0 Å². The summed E-state index contributed by atoms with van der Waals surface area (Å²) < 4.78 is 18.5. The Morgan fingerprint density at radius 2 is 1.54 bits per heavy atom. The van der Waals surface area contributed by atoms with Crippen LogP contribution in [0.25, 0.3) is 0 Å². The van der Waals surface area contributed by atoms with Gasteiger partial charge in [-0.1, -0.05) is 104 Å². The lowest BCUT2D eigenvalue weighted by molar-refractivity contribution is -0.276. The van der Waals surface area contributed by atoms with Crippen molar-refractivity contribution in [2.45, 2.75) is 64.1 Å². The summed E-state index contributed by atoms with van der Waals surface area (Å²) in [5.74, 6) is -0.947. The lowest BCUT2D eigenvalue weighted by Crippen LogP contribution is -2.44. The third-order valence-electron chi connectivity index (χ3n) is 9.61. The van der Waals surface area contributed by atoms with E-state index in [0.717, 1.165) is 27.2 Å². The average Bonchev–Trinajstić information content (AvgIpc) is 3.43. The minimum atomic E-state index is -1.02. The molecule has 0 spiro atoms. The first-order valence-electron chi connectivity index (χ1n) is 16.9. The predicted octanol–water partition coefficient (Wildman–Crippen LogP) is 6.22. The third-order valence-corrected chi connectivity index (χ3v) is 9.61. The normalized spacial score (nSPS) is 22.8. The van der Waals surface area contributed by atoms with Gasteiger partial charge >= 0.3 is 6.09 Å². The number of benzene rings is 4. The van der Waals surface area contributed by atoms with Crippen LogP contribution in [-0.4, -0.2) is 53.7 Å². The molecule has 0 aromatic heterocycles. The van der Waals surface area contributed by atoms with Gasteiger partial charge < -0.3 is 24.6 Å². The number of carbonyl (C=O) groups excluding carboxylic acids is 3. The van der Waals surface area contributed by atoms with Gasteiger partial charge in [0.2, 0.25) is 5.91 Å². The molecule has 50 heavy (non-hydrogen) atoms. The number of nitrogens with zero attached hydrogens (tertiary/aromatic N) is 2. The van der Waals surface area contributed by atoms with Crippen molar-refractivity contribution >= 4 is 23.6 Å². The topological polar surface area (TPSA) is 118 Å². The summed E-state index contributed by atoms with van der Waals surface area (Å²) in [6.07, 6.45) is -2.13. The molecule has 10 nitrogen and oxygen atoms in total. The van der Waals surface area contributed by atoms with Gasteiger partial charge in [0.15, 0.2) is 6.29 Å². The van der Waals surface area contributed by atoms with Crippen LogP contribution in [0, 0.1) is 5.92 Å². The fourth-order valence-corrected chi connectivity index (χ4v) is 6.46. The van der Waals surface area contributed by atoms with Crippen LogP contribution in [0.5, 0.6) is 0 Å². The molecule has 0 bridgehead atoms. The van der Waals surface area contributed by atoms with Crippen LogP contribution < -0.4 is 10.2 Å². The monoisotopic (exact) mass is 677 g/mol. The van der Waals surface area contributed by atoms with Crippen LogP contribution in [0.15, 0.2) is 109 Å². The first kappa shape index (κ1) is 35.0. The van der Waals surface area contributed by atoms with Gasteiger partial charge in [0.1, 0.15) is 12.6 Å². The third kappa shape index (κ3) is 7.95. The summed E-state index contributed by atoms with van der Waals surface area (Å²) in [5, 5.41) is 12.1. The SMILES string of the molecule is C[C@H]1[C@@H](CN(C)[C@@H](C)c2ccccc2)O[C@@H](c2ccc(N3C(=O)CC(NC(=O)OCc4ccccc4)C3=O)cc2)O[C@H]1c1ccc(CO)cc1. The summed E-state index contributed by atoms with van der Waals surface area (Å²) in [4.78, 5) is 42.0. The van der Waals surface area contributed by atoms with Crippen molar-refractivity contribution in [3.8, 4) is 0 Å². The van der Waals surface area contributed by atoms with Crippen molar-refractivity contribution in [2.75, 3.05) is 18.5 Å². The molecule has 10 heteroatoms. The molecular formula is C40H43N3O7. The molecular weight excluding hydrogens is 634 g/mol. The van der Waals surface area contributed by atoms with Gasteiger partial charge in [-0.3, -0.25) is 14.5 Å². The number of anilines is 1. The van der Waals surface area contributed by atoms with Gasteiger partial charge in [0.25, 0.3) is 5.91 Å². The molecule has 6 atom stereocenters. The zero-order chi connectivity index (χ0) is 35.2. The maximum Gasteiger partial charge on any atom is 0.408 e. The van der Waals surface area contributed by atoms with Crippen LogP contribution in [0.2, 0.25) is 0 Å². The molecule has 1 unspecified atom stereocenters. The Labute approximate surface area is 292 Å². The Bertz CT molecular complexity index is 1750. The van der Waals surface area contributed by atoms with E-state index in [0.29, 0.717) is 12.2 Å². The number of likely N-dealkylation sites (N-methyl/N-ethyl adjacent to an activating group) is 1. The van der Waals surface area contributed by atoms with Crippen LogP contribution in [0.3, 0.4) is 0 Å². The molecule has 2 heterocycles. The second-order valence-corrected chi connectivity index (χ2v) is 13.0. The van der Waals surface area contributed by atoms with Crippen LogP contribution in [-0.2, 0) is 37.0 Å². The molecule has 0 saturated carbocycles. The van der Waals surface area contributed by atoms with Gasteiger partial charge in [-0.2, -0.15) is 0 Å². The summed E-state index contributed by atoms with van der Waals surface area (Å²) >= 11 is 0. The minimum Gasteiger partial charge on any atom is -0.445 e. The number of carbonyl (C=O) groups is 3. The zero-order valence-corrected chi connectivity index (χ0v) is 28.5. The number of imide groups is 1. The highest BCUT2D eigenvalue weighted by Crippen LogP contribution is 2.42. The number of rotatable bonds is 11. The molecule has 3 amide bonds. The van der Waals surface area contributed by atoms with E-state index in [-0.39, 0.29) is 43.8 Å². The molecule has 2 aliphatic heterocycles. The molecule has 6 rings (SSSR count). The number of amides is 3. The predicted molar refractivity (Wildman–Crippen MR) is 188 cm³/mol. The van der Waals surface area contributed by atoms with Crippen LogP contribution in [0.4, 0.5) is 10.5 Å². The largest absolute Gasteiger partial charge is 0.445 e. The minimum absolute atomic E-state index is 0.000387. The first-order chi connectivity index (χ1) is 24.2. The van der Waals surface area contributed by atoms with Gasteiger partial charge in [-0.05, 0) is 48.4 Å². The second kappa shape index (κ2) is 15.8. The summed E-state index contributed by atoms with van der Waals surface area (Å²) in [7, 11) is 2.09. The highest BCUT2D eigenvalue weighted by Gasteiger charge is 2.42. The van der Waals surface area contributed by atoms with E-state index in [1.54, 1.807) is 24.3 Å². The molecule has 0 aliphatic carbocycles. The van der Waals surface area contributed by atoms with E-state index < -0.39 is 30.2 Å². The van der Waals surface area contributed by atoms with Gasteiger partial charge in [0.05, 0.1) is 30.9 Å². The molecule has 2 aliphatic rings. The molecule has 2 fully saturated rings. The highest BCUT2D eigenvalue weighted by atomic mass is 16.7. The Hall–Kier alpha value is -4.87. The zero-order valence-electron chi connectivity index (χ0n) is 28.5. The maximum absolute atomic E-state index is 13.3. The van der Waals surface area contributed by atoms with E-state index in [4.69, 9.17) is 14.2 Å². The van der Waals surface area contributed by atoms with Crippen molar-refractivity contribution in [1.82, 2.24) is 10.2 Å². The van der Waals surface area contributed by atoms with Crippen molar-refractivity contribution < 1.29 is 33.7 Å². The van der Waals surface area contributed by atoms with Gasteiger partial charge in [-0.25, -0.2) is 9.69 Å². The Morgan fingerprint density at radius 1 is 0.900 bits per heavy atom. The molecule has 260 valence electrons. The smallest absolute Gasteiger partial charge is 0.408 e. The maximum atomic E-state index is 13.3. The Morgan fingerprint density at radius 3 is 2.20 bits per heavy atom. The summed E-state index contributed by atoms with van der Waals surface area (Å²) in [6, 6.07) is 33.4. The number of ether oxygens (including phenoxy) is 3. The fourth-order valence-electron chi connectivity index (χ4n) is 6.46. The van der Waals surface area contributed by atoms with E-state index in [2.05, 4.69) is 43.2 Å². The summed E-state index contributed by atoms with van der Waals surface area (Å²) in [5.41, 5.74) is 4.95. The molecule has 4 aromatic rings. The second-order valence-electron chi connectivity index (χ2n) is 13.0. The van der Waals surface area contributed by atoms with Crippen molar-refractivity contribution in [1.29, 1.82) is 0 Å². The molecule has 2 N–H and O–H groups in total. The number of aliphatic hydroxyl groups excluding tert-OH is 1. The van der Waals surface area contributed by atoms with E-state index in [1.807, 2.05) is 72.8 Å². The van der Waals surface area contributed by atoms with E-state index >= 15 is 0 Å². The molecule has 2 saturated heterocycles. The fraction of sp³-hybridized carbons (Fsp3) is 0.325. The number of nitrogens with one attached hydrogen (secondary N) is 1. The van der Waals surface area contributed by atoms with E-state index in [9.17, 15) is 19.5 Å². The quantitative estimate of drug-likeness (QED) is 0.180. The van der Waals surface area contributed by atoms with E-state index in [1.165, 1.54) is 5.56 Å². The lowest BCUT2D eigenvalue weighted by Gasteiger charge is -2.43. The Balaban J connectivity index is 1.16. The van der Waals surface area contributed by atoms with Crippen molar-refractivity contribution in [3.05, 3.63) is 137 Å². The lowest BCUT2D eigenvalue weighted by atomic mass is 9.89. The number of hydrogen-bond acceptors (Lipinski definition) is 8. The van der Waals surface area contributed by atoms with Crippen LogP contribution in [0.1, 0.15) is 66.5 Å². The van der Waals surface area contributed by atoms with Crippen LogP contribution >= 0.6 is 0 Å². The number of hydrogen-bond donors (Lipinski definition) is 2. The Kier molecular flexibility index (Phi) is 11.0. The first-order valence-corrected chi connectivity index (χ1v) is 16.9.